The van der Waals surface area contributed by atoms with E-state index in [0.717, 1.165) is 21.9 Å². The fourth-order valence-electron chi connectivity index (χ4n) is 2.94. The van der Waals surface area contributed by atoms with Gasteiger partial charge in [-0.05, 0) is 28.6 Å². The highest BCUT2D eigenvalue weighted by atomic mass is 16.2. The van der Waals surface area contributed by atoms with Gasteiger partial charge in [0.25, 0.3) is 11.8 Å². The van der Waals surface area contributed by atoms with Gasteiger partial charge in [-0.2, -0.15) is 0 Å². The van der Waals surface area contributed by atoms with Crippen molar-refractivity contribution >= 4 is 34.7 Å². The van der Waals surface area contributed by atoms with Crippen molar-refractivity contribution in [3.05, 3.63) is 82.9 Å². The second kappa shape index (κ2) is 5.21. The predicted molar refractivity (Wildman–Crippen MR) is 91.1 cm³/mol. The fraction of sp³-hybridized carbons (Fsp3) is 0. The number of rotatable bonds is 2. The third-order valence-corrected chi connectivity index (χ3v) is 4.05. The summed E-state index contributed by atoms with van der Waals surface area (Å²) >= 11 is 0. The van der Waals surface area contributed by atoms with Crippen LogP contribution in [0.2, 0.25) is 0 Å². The van der Waals surface area contributed by atoms with E-state index in [1.165, 1.54) is 0 Å². The Morgan fingerprint density at radius 2 is 1.43 bits per heavy atom. The van der Waals surface area contributed by atoms with Crippen molar-refractivity contribution in [3.63, 3.8) is 0 Å². The van der Waals surface area contributed by atoms with Crippen molar-refractivity contribution in [1.29, 1.82) is 0 Å². The van der Waals surface area contributed by atoms with Gasteiger partial charge in [0.05, 0.1) is 0 Å². The Balaban J connectivity index is 1.91. The summed E-state index contributed by atoms with van der Waals surface area (Å²) in [7, 11) is 0. The molecule has 3 aromatic rings. The minimum Gasteiger partial charge on any atom is -0.288 e. The van der Waals surface area contributed by atoms with Gasteiger partial charge in [0.2, 0.25) is 0 Å². The van der Waals surface area contributed by atoms with Crippen molar-refractivity contribution in [1.82, 2.24) is 5.32 Å². The smallest absolute Gasteiger partial charge is 0.258 e. The largest absolute Gasteiger partial charge is 0.288 e. The first-order valence-electron chi connectivity index (χ1n) is 7.38. The molecule has 0 fully saturated rings. The minimum absolute atomic E-state index is 0.336. The van der Waals surface area contributed by atoms with Crippen molar-refractivity contribution in [2.45, 2.75) is 0 Å². The molecule has 0 saturated heterocycles. The molecule has 0 aliphatic carbocycles. The molecule has 0 unspecified atom stereocenters. The average Bonchev–Trinajstić information content (AvgIpc) is 2.59. The first-order chi connectivity index (χ1) is 11.2. The van der Waals surface area contributed by atoms with Gasteiger partial charge >= 0.3 is 0 Å². The molecule has 0 bridgehead atoms. The van der Waals surface area contributed by atoms with E-state index >= 15 is 0 Å². The number of nitrogens with one attached hydrogen (secondary N) is 1. The highest BCUT2D eigenvalue weighted by Crippen LogP contribution is 2.30. The van der Waals surface area contributed by atoms with E-state index in [1.54, 1.807) is 12.1 Å². The number of carbonyl (C=O) groups is 2. The van der Waals surface area contributed by atoms with Gasteiger partial charge in [-0.15, -0.1) is 0 Å². The molecule has 2 amide bonds. The highest BCUT2D eigenvalue weighted by molar-refractivity contribution is 6.26. The fourth-order valence-corrected chi connectivity index (χ4v) is 2.94. The van der Waals surface area contributed by atoms with Gasteiger partial charge < -0.3 is 0 Å². The lowest BCUT2D eigenvalue weighted by Crippen LogP contribution is -2.34. The maximum Gasteiger partial charge on any atom is 0.258 e. The first-order valence-corrected chi connectivity index (χ1v) is 7.38. The zero-order valence-corrected chi connectivity index (χ0v) is 12.2. The minimum atomic E-state index is -0.336. The SMILES string of the molecule is O=C1NC(=O)c2ccc(/C=C/c3ccccc3)c3cccc1c23. The second-order valence-corrected chi connectivity index (χ2v) is 5.46. The molecule has 23 heavy (non-hydrogen) atoms. The zero-order valence-electron chi connectivity index (χ0n) is 12.2. The van der Waals surface area contributed by atoms with E-state index in [1.807, 2.05) is 60.7 Å². The second-order valence-electron chi connectivity index (χ2n) is 5.46. The highest BCUT2D eigenvalue weighted by Gasteiger charge is 2.24. The molecule has 4 rings (SSSR count). The van der Waals surface area contributed by atoms with E-state index < -0.39 is 0 Å². The Morgan fingerprint density at radius 3 is 2.22 bits per heavy atom. The predicted octanol–water partition coefficient (Wildman–Crippen LogP) is 3.89. The lowest BCUT2D eigenvalue weighted by Gasteiger charge is -2.17. The summed E-state index contributed by atoms with van der Waals surface area (Å²) in [5.41, 5.74) is 3.18. The molecular formula is C20H13NO2. The first kappa shape index (κ1) is 13.5. The van der Waals surface area contributed by atoms with E-state index in [-0.39, 0.29) is 11.8 Å². The van der Waals surface area contributed by atoms with Gasteiger partial charge in [0.1, 0.15) is 0 Å². The number of carbonyl (C=O) groups excluding carboxylic acids is 2. The molecule has 0 atom stereocenters. The number of hydrogen-bond donors (Lipinski definition) is 1. The van der Waals surface area contributed by atoms with E-state index in [9.17, 15) is 9.59 Å². The van der Waals surface area contributed by atoms with Crippen LogP contribution in [0.5, 0.6) is 0 Å². The van der Waals surface area contributed by atoms with Crippen LogP contribution >= 0.6 is 0 Å². The van der Waals surface area contributed by atoms with Crippen molar-refractivity contribution < 1.29 is 9.59 Å². The van der Waals surface area contributed by atoms with Crippen LogP contribution in [0.3, 0.4) is 0 Å². The van der Waals surface area contributed by atoms with Crippen LogP contribution in [-0.2, 0) is 0 Å². The summed E-state index contributed by atoms with van der Waals surface area (Å²) < 4.78 is 0. The molecule has 110 valence electrons. The van der Waals surface area contributed by atoms with E-state index in [0.29, 0.717) is 11.1 Å². The number of benzene rings is 3. The van der Waals surface area contributed by atoms with E-state index in [2.05, 4.69) is 5.32 Å². The molecule has 0 saturated carbocycles. The van der Waals surface area contributed by atoms with Crippen LogP contribution in [0.4, 0.5) is 0 Å². The zero-order chi connectivity index (χ0) is 15.8. The lowest BCUT2D eigenvalue weighted by atomic mass is 9.92. The molecule has 1 aliphatic rings. The Morgan fingerprint density at radius 1 is 0.696 bits per heavy atom. The Hall–Kier alpha value is -3.20. The molecular weight excluding hydrogens is 286 g/mol. The van der Waals surface area contributed by atoms with Gasteiger partial charge in [0, 0.05) is 16.5 Å². The molecule has 1 heterocycles. The maximum absolute atomic E-state index is 12.0. The topological polar surface area (TPSA) is 46.2 Å². The van der Waals surface area contributed by atoms with Crippen molar-refractivity contribution in [2.24, 2.45) is 0 Å². The van der Waals surface area contributed by atoms with Gasteiger partial charge in [-0.25, -0.2) is 0 Å². The Labute approximate surface area is 133 Å². The molecule has 1 N–H and O–H groups in total. The monoisotopic (exact) mass is 299 g/mol. The summed E-state index contributed by atoms with van der Waals surface area (Å²) in [6.07, 6.45) is 4.03. The molecule has 1 aliphatic heterocycles. The van der Waals surface area contributed by atoms with Crippen LogP contribution in [0.1, 0.15) is 31.8 Å². The maximum atomic E-state index is 12.0. The van der Waals surface area contributed by atoms with Crippen molar-refractivity contribution in [2.75, 3.05) is 0 Å². The summed E-state index contributed by atoms with van der Waals surface area (Å²) in [5.74, 6) is -0.672. The standard InChI is InChI=1S/C20H13NO2/c22-19-16-8-4-7-15-14(10-9-13-5-2-1-3-6-13)11-12-17(18(15)16)20(23)21-19/h1-12H,(H,21,22,23)/b10-9+. The molecule has 0 spiro atoms. The summed E-state index contributed by atoms with van der Waals surface area (Å²) in [6.45, 7) is 0. The van der Waals surface area contributed by atoms with Crippen LogP contribution in [0.15, 0.2) is 60.7 Å². The lowest BCUT2D eigenvalue weighted by molar-refractivity contribution is 0.0845. The average molecular weight is 299 g/mol. The molecule has 0 aromatic heterocycles. The van der Waals surface area contributed by atoms with Crippen LogP contribution in [0.25, 0.3) is 22.9 Å². The van der Waals surface area contributed by atoms with Crippen LogP contribution in [0, 0.1) is 0 Å². The molecule has 3 heteroatoms. The summed E-state index contributed by atoms with van der Waals surface area (Å²) in [5, 5.41) is 4.02. The quantitative estimate of drug-likeness (QED) is 0.576. The Bertz CT molecular complexity index is 951. The number of hydrogen-bond acceptors (Lipinski definition) is 2. The van der Waals surface area contributed by atoms with Gasteiger partial charge in [-0.1, -0.05) is 60.7 Å². The molecule has 0 radical (unpaired) electrons. The number of amides is 2. The third kappa shape index (κ3) is 2.23. The molecule has 3 nitrogen and oxygen atoms in total. The van der Waals surface area contributed by atoms with Gasteiger partial charge in [-0.3, -0.25) is 14.9 Å². The van der Waals surface area contributed by atoms with Crippen molar-refractivity contribution in [3.8, 4) is 0 Å². The van der Waals surface area contributed by atoms with E-state index in [4.69, 9.17) is 0 Å². The third-order valence-electron chi connectivity index (χ3n) is 4.05. The van der Waals surface area contributed by atoms with Crippen LogP contribution < -0.4 is 5.32 Å². The summed E-state index contributed by atoms with van der Waals surface area (Å²) in [6, 6.07) is 19.2. The number of imide groups is 1. The normalized spacial score (nSPS) is 13.6. The van der Waals surface area contributed by atoms with Crippen LogP contribution in [-0.4, -0.2) is 11.8 Å². The molecule has 3 aromatic carbocycles. The van der Waals surface area contributed by atoms with Gasteiger partial charge in [0.15, 0.2) is 0 Å². The Kier molecular flexibility index (Phi) is 3.05. The summed E-state index contributed by atoms with van der Waals surface area (Å²) in [4.78, 5) is 24.0.